The molecule has 0 atom stereocenters. The first kappa shape index (κ1) is 10.4. The molecule has 0 bridgehead atoms. The highest BCUT2D eigenvalue weighted by molar-refractivity contribution is 5.56. The van der Waals surface area contributed by atoms with Gasteiger partial charge in [0.25, 0.3) is 0 Å². The molecular formula is C11H11FN4. The molecule has 1 aromatic carbocycles. The quantitative estimate of drug-likeness (QED) is 0.837. The lowest BCUT2D eigenvalue weighted by atomic mass is 10.3. The van der Waals surface area contributed by atoms with Gasteiger partial charge in [-0.1, -0.05) is 6.07 Å². The van der Waals surface area contributed by atoms with E-state index in [1.165, 1.54) is 12.1 Å². The SMILES string of the molecule is CN(c1cccc(F)c1)c1nccc(N)n1. The molecule has 0 radical (unpaired) electrons. The zero-order valence-electron chi connectivity index (χ0n) is 8.76. The Morgan fingerprint density at radius 3 is 2.81 bits per heavy atom. The fraction of sp³-hybridized carbons (Fsp3) is 0.0909. The van der Waals surface area contributed by atoms with Crippen LogP contribution in [0.2, 0.25) is 0 Å². The maximum Gasteiger partial charge on any atom is 0.231 e. The van der Waals surface area contributed by atoms with Crippen molar-refractivity contribution in [3.05, 3.63) is 42.3 Å². The van der Waals surface area contributed by atoms with E-state index >= 15 is 0 Å². The Balaban J connectivity index is 2.35. The van der Waals surface area contributed by atoms with Gasteiger partial charge in [-0.15, -0.1) is 0 Å². The second kappa shape index (κ2) is 4.14. The van der Waals surface area contributed by atoms with Crippen LogP contribution in [0.1, 0.15) is 0 Å². The van der Waals surface area contributed by atoms with Crippen LogP contribution in [0.5, 0.6) is 0 Å². The Labute approximate surface area is 92.6 Å². The van der Waals surface area contributed by atoms with Gasteiger partial charge in [0.1, 0.15) is 11.6 Å². The van der Waals surface area contributed by atoms with Crippen LogP contribution in [0.4, 0.5) is 21.8 Å². The Hall–Kier alpha value is -2.17. The number of anilines is 3. The van der Waals surface area contributed by atoms with Gasteiger partial charge in [-0.05, 0) is 24.3 Å². The third-order valence-corrected chi connectivity index (χ3v) is 2.16. The van der Waals surface area contributed by atoms with Crippen molar-refractivity contribution < 1.29 is 4.39 Å². The van der Waals surface area contributed by atoms with E-state index in [0.717, 1.165) is 0 Å². The van der Waals surface area contributed by atoms with E-state index in [4.69, 9.17) is 5.73 Å². The highest BCUT2D eigenvalue weighted by Gasteiger charge is 2.07. The van der Waals surface area contributed by atoms with Crippen molar-refractivity contribution >= 4 is 17.5 Å². The van der Waals surface area contributed by atoms with Crippen LogP contribution >= 0.6 is 0 Å². The molecule has 0 aliphatic rings. The number of benzene rings is 1. The molecule has 0 saturated carbocycles. The summed E-state index contributed by atoms with van der Waals surface area (Å²) in [7, 11) is 1.75. The van der Waals surface area contributed by atoms with E-state index in [-0.39, 0.29) is 5.82 Å². The molecule has 0 spiro atoms. The van der Waals surface area contributed by atoms with E-state index < -0.39 is 0 Å². The summed E-state index contributed by atoms with van der Waals surface area (Å²) in [6.07, 6.45) is 1.56. The van der Waals surface area contributed by atoms with E-state index in [1.54, 1.807) is 36.3 Å². The van der Waals surface area contributed by atoms with Crippen molar-refractivity contribution in [2.45, 2.75) is 0 Å². The topological polar surface area (TPSA) is 55.0 Å². The third kappa shape index (κ3) is 2.08. The Bertz CT molecular complexity index is 455. The first-order chi connectivity index (χ1) is 7.66. The highest BCUT2D eigenvalue weighted by Crippen LogP contribution is 2.20. The number of nitrogen functional groups attached to an aromatic ring is 1. The summed E-state index contributed by atoms with van der Waals surface area (Å²) in [4.78, 5) is 9.77. The molecule has 1 aromatic heterocycles. The molecule has 0 amide bonds. The van der Waals surface area contributed by atoms with Crippen molar-refractivity contribution in [2.75, 3.05) is 17.7 Å². The lowest BCUT2D eigenvalue weighted by molar-refractivity contribution is 0.628. The van der Waals surface area contributed by atoms with Gasteiger partial charge in [0.15, 0.2) is 0 Å². The fourth-order valence-electron chi connectivity index (χ4n) is 1.32. The van der Waals surface area contributed by atoms with E-state index in [9.17, 15) is 4.39 Å². The van der Waals surface area contributed by atoms with Crippen LogP contribution in [-0.4, -0.2) is 17.0 Å². The molecule has 0 saturated heterocycles. The van der Waals surface area contributed by atoms with Crippen LogP contribution in [0.25, 0.3) is 0 Å². The van der Waals surface area contributed by atoms with E-state index in [0.29, 0.717) is 17.5 Å². The largest absolute Gasteiger partial charge is 0.384 e. The molecule has 2 aromatic rings. The molecule has 1 heterocycles. The van der Waals surface area contributed by atoms with Crippen molar-refractivity contribution in [2.24, 2.45) is 0 Å². The van der Waals surface area contributed by atoms with E-state index in [1.807, 2.05) is 0 Å². The summed E-state index contributed by atoms with van der Waals surface area (Å²) in [6, 6.07) is 7.80. The van der Waals surface area contributed by atoms with Gasteiger partial charge < -0.3 is 10.6 Å². The molecule has 5 heteroatoms. The average molecular weight is 218 g/mol. The number of halogens is 1. The van der Waals surface area contributed by atoms with Gasteiger partial charge in [-0.3, -0.25) is 0 Å². The second-order valence-electron chi connectivity index (χ2n) is 3.32. The number of hydrogen-bond donors (Lipinski definition) is 1. The fourth-order valence-corrected chi connectivity index (χ4v) is 1.32. The lowest BCUT2D eigenvalue weighted by Crippen LogP contribution is -2.13. The summed E-state index contributed by atoms with van der Waals surface area (Å²) in [6.45, 7) is 0. The summed E-state index contributed by atoms with van der Waals surface area (Å²) < 4.78 is 13.0. The standard InChI is InChI=1S/C11H11FN4/c1-16(9-4-2-3-8(12)7-9)11-14-6-5-10(13)15-11/h2-7H,1H3,(H2,13,14,15). The molecule has 0 fully saturated rings. The minimum atomic E-state index is -0.298. The van der Waals surface area contributed by atoms with Crippen LogP contribution in [-0.2, 0) is 0 Å². The number of aromatic nitrogens is 2. The predicted molar refractivity (Wildman–Crippen MR) is 60.9 cm³/mol. The molecule has 0 aliphatic heterocycles. The van der Waals surface area contributed by atoms with Crippen molar-refractivity contribution in [1.29, 1.82) is 0 Å². The van der Waals surface area contributed by atoms with Crippen molar-refractivity contribution in [1.82, 2.24) is 9.97 Å². The van der Waals surface area contributed by atoms with Crippen molar-refractivity contribution in [3.63, 3.8) is 0 Å². The molecule has 2 N–H and O–H groups in total. The summed E-state index contributed by atoms with van der Waals surface area (Å²) >= 11 is 0. The zero-order chi connectivity index (χ0) is 11.5. The number of rotatable bonds is 2. The van der Waals surface area contributed by atoms with Crippen LogP contribution in [0.15, 0.2) is 36.5 Å². The monoisotopic (exact) mass is 218 g/mol. The second-order valence-corrected chi connectivity index (χ2v) is 3.32. The third-order valence-electron chi connectivity index (χ3n) is 2.16. The minimum absolute atomic E-state index is 0.298. The molecule has 4 nitrogen and oxygen atoms in total. The van der Waals surface area contributed by atoms with Crippen molar-refractivity contribution in [3.8, 4) is 0 Å². The number of hydrogen-bond acceptors (Lipinski definition) is 4. The Morgan fingerprint density at radius 2 is 2.12 bits per heavy atom. The average Bonchev–Trinajstić information content (AvgIpc) is 2.28. The number of nitrogens with two attached hydrogens (primary N) is 1. The van der Waals surface area contributed by atoms with Crippen LogP contribution < -0.4 is 10.6 Å². The molecule has 16 heavy (non-hydrogen) atoms. The summed E-state index contributed by atoms with van der Waals surface area (Å²) in [5, 5.41) is 0. The maximum atomic E-state index is 13.0. The summed E-state index contributed by atoms with van der Waals surface area (Å²) in [5.74, 6) is 0.520. The van der Waals surface area contributed by atoms with Gasteiger partial charge in [0.2, 0.25) is 5.95 Å². The molecule has 0 aliphatic carbocycles. The highest BCUT2D eigenvalue weighted by atomic mass is 19.1. The van der Waals surface area contributed by atoms with Gasteiger partial charge in [-0.2, -0.15) is 4.98 Å². The van der Waals surface area contributed by atoms with Crippen LogP contribution in [0.3, 0.4) is 0 Å². The predicted octanol–water partition coefficient (Wildman–Crippen LogP) is 1.97. The van der Waals surface area contributed by atoms with Gasteiger partial charge in [-0.25, -0.2) is 9.37 Å². The molecule has 0 unspecified atom stereocenters. The minimum Gasteiger partial charge on any atom is -0.384 e. The summed E-state index contributed by atoms with van der Waals surface area (Å²) in [5.41, 5.74) is 6.22. The normalized spacial score (nSPS) is 10.1. The van der Waals surface area contributed by atoms with Gasteiger partial charge >= 0.3 is 0 Å². The smallest absolute Gasteiger partial charge is 0.231 e. The van der Waals surface area contributed by atoms with Gasteiger partial charge in [0.05, 0.1) is 0 Å². The molecular weight excluding hydrogens is 207 g/mol. The van der Waals surface area contributed by atoms with Crippen LogP contribution in [0, 0.1) is 5.82 Å². The first-order valence-corrected chi connectivity index (χ1v) is 4.74. The molecule has 82 valence electrons. The number of nitrogens with zero attached hydrogens (tertiary/aromatic N) is 3. The molecule has 2 rings (SSSR count). The van der Waals surface area contributed by atoms with E-state index in [2.05, 4.69) is 9.97 Å². The zero-order valence-corrected chi connectivity index (χ0v) is 8.76. The van der Waals surface area contributed by atoms with Gasteiger partial charge in [0, 0.05) is 18.9 Å². The Kier molecular flexibility index (Phi) is 2.68. The maximum absolute atomic E-state index is 13.0. The lowest BCUT2D eigenvalue weighted by Gasteiger charge is -2.16. The first-order valence-electron chi connectivity index (χ1n) is 4.74. The Morgan fingerprint density at radius 1 is 1.31 bits per heavy atom.